The van der Waals surface area contributed by atoms with Crippen LogP contribution in [-0.2, 0) is 9.59 Å². The summed E-state index contributed by atoms with van der Waals surface area (Å²) in [5.41, 5.74) is 0. The van der Waals surface area contributed by atoms with E-state index in [2.05, 4.69) is 11.2 Å². The fourth-order valence-corrected chi connectivity index (χ4v) is 1.25. The van der Waals surface area contributed by atoms with Crippen molar-refractivity contribution >= 4 is 11.8 Å². The third kappa shape index (κ3) is 1.81. The van der Waals surface area contributed by atoms with Gasteiger partial charge in [0.25, 0.3) is 0 Å². The Morgan fingerprint density at radius 3 is 2.85 bits per heavy atom. The number of carbonyl (C=O) groups excluding carboxylic acids is 2. The molecule has 0 aromatic carbocycles. The Labute approximate surface area is 77.3 Å². The summed E-state index contributed by atoms with van der Waals surface area (Å²) in [5, 5.41) is 2.54. The summed E-state index contributed by atoms with van der Waals surface area (Å²) >= 11 is 0. The number of nitrogens with one attached hydrogen (secondary N) is 1. The number of rotatable bonds is 1. The van der Waals surface area contributed by atoms with Gasteiger partial charge in [0.1, 0.15) is 12.6 Å². The molecule has 1 aliphatic rings. The number of amides is 2. The number of hydrogen-bond acceptors (Lipinski definition) is 2. The van der Waals surface area contributed by atoms with Crippen molar-refractivity contribution in [3.63, 3.8) is 0 Å². The van der Waals surface area contributed by atoms with Crippen LogP contribution >= 0.6 is 0 Å². The third-order valence-corrected chi connectivity index (χ3v) is 2.05. The molecule has 2 amide bonds. The molecule has 2 atom stereocenters. The van der Waals surface area contributed by atoms with Gasteiger partial charge < -0.3 is 10.2 Å². The highest BCUT2D eigenvalue weighted by molar-refractivity contribution is 5.94. The van der Waals surface area contributed by atoms with E-state index in [1.165, 1.54) is 4.90 Å². The molecule has 0 spiro atoms. The zero-order chi connectivity index (χ0) is 10.0. The summed E-state index contributed by atoms with van der Waals surface area (Å²) in [6.45, 7) is 3.44. The summed E-state index contributed by atoms with van der Waals surface area (Å²) < 4.78 is 0. The van der Waals surface area contributed by atoms with Gasteiger partial charge in [0.2, 0.25) is 11.8 Å². The van der Waals surface area contributed by atoms with Crippen LogP contribution in [0.15, 0.2) is 0 Å². The lowest BCUT2D eigenvalue weighted by molar-refractivity contribution is -0.144. The van der Waals surface area contributed by atoms with Gasteiger partial charge in [-0.3, -0.25) is 9.59 Å². The highest BCUT2D eigenvalue weighted by Gasteiger charge is 2.31. The number of carbonyl (C=O) groups is 2. The van der Waals surface area contributed by atoms with Crippen LogP contribution < -0.4 is 5.32 Å². The molecule has 13 heavy (non-hydrogen) atoms. The van der Waals surface area contributed by atoms with Crippen molar-refractivity contribution in [2.45, 2.75) is 25.9 Å². The van der Waals surface area contributed by atoms with Gasteiger partial charge in [0, 0.05) is 0 Å². The second kappa shape index (κ2) is 3.48. The molecule has 70 valence electrons. The standard InChI is InChI=1S/C9H12N2O2/c1-4-6(2)11-5-8(12)10-7(3)9(11)13/h1,6-7H,5H2,2-3H3,(H,10,12). The zero-order valence-corrected chi connectivity index (χ0v) is 7.70. The van der Waals surface area contributed by atoms with Crippen LogP contribution in [0, 0.1) is 12.3 Å². The topological polar surface area (TPSA) is 49.4 Å². The first-order valence-corrected chi connectivity index (χ1v) is 4.12. The lowest BCUT2D eigenvalue weighted by atomic mass is 10.1. The third-order valence-electron chi connectivity index (χ3n) is 2.05. The molecule has 1 rings (SSSR count). The first kappa shape index (κ1) is 9.59. The molecular formula is C9H12N2O2. The molecule has 0 aromatic heterocycles. The summed E-state index contributed by atoms with van der Waals surface area (Å²) in [4.78, 5) is 24.0. The Morgan fingerprint density at radius 1 is 1.69 bits per heavy atom. The Morgan fingerprint density at radius 2 is 2.31 bits per heavy atom. The molecule has 0 aliphatic carbocycles. The summed E-state index contributed by atoms with van der Waals surface area (Å²) in [6.07, 6.45) is 5.18. The first-order valence-electron chi connectivity index (χ1n) is 4.12. The maximum Gasteiger partial charge on any atom is 0.246 e. The SMILES string of the molecule is C#CC(C)N1CC(=O)NC(C)C1=O. The average Bonchev–Trinajstić information content (AvgIpc) is 2.10. The van der Waals surface area contributed by atoms with Gasteiger partial charge in [-0.25, -0.2) is 0 Å². The van der Waals surface area contributed by atoms with Crippen molar-refractivity contribution in [2.24, 2.45) is 0 Å². The van der Waals surface area contributed by atoms with Crippen LogP contribution in [0.2, 0.25) is 0 Å². The monoisotopic (exact) mass is 180 g/mol. The van der Waals surface area contributed by atoms with E-state index in [1.54, 1.807) is 13.8 Å². The van der Waals surface area contributed by atoms with Gasteiger partial charge in [-0.05, 0) is 13.8 Å². The summed E-state index contributed by atoms with van der Waals surface area (Å²) in [6, 6.07) is -0.780. The lowest BCUT2D eigenvalue weighted by Crippen LogP contribution is -2.58. The van der Waals surface area contributed by atoms with Gasteiger partial charge in [0.05, 0.1) is 6.04 Å². The van der Waals surface area contributed by atoms with E-state index in [0.29, 0.717) is 0 Å². The Balaban J connectivity index is 2.79. The molecule has 0 bridgehead atoms. The molecule has 1 N–H and O–H groups in total. The Bertz CT molecular complexity index is 280. The summed E-state index contributed by atoms with van der Waals surface area (Å²) in [5.74, 6) is 2.15. The highest BCUT2D eigenvalue weighted by Crippen LogP contribution is 2.06. The van der Waals surface area contributed by atoms with Crippen molar-refractivity contribution in [2.75, 3.05) is 6.54 Å². The fraction of sp³-hybridized carbons (Fsp3) is 0.556. The quantitative estimate of drug-likeness (QED) is 0.545. The predicted molar refractivity (Wildman–Crippen MR) is 47.6 cm³/mol. The maximum absolute atomic E-state index is 11.5. The molecule has 1 fully saturated rings. The average molecular weight is 180 g/mol. The largest absolute Gasteiger partial charge is 0.343 e. The lowest BCUT2D eigenvalue weighted by Gasteiger charge is -2.32. The highest BCUT2D eigenvalue weighted by atomic mass is 16.2. The van der Waals surface area contributed by atoms with Crippen LogP contribution in [-0.4, -0.2) is 35.3 Å². The van der Waals surface area contributed by atoms with Crippen LogP contribution in [0.25, 0.3) is 0 Å². The first-order chi connectivity index (χ1) is 6.06. The van der Waals surface area contributed by atoms with E-state index in [-0.39, 0.29) is 24.4 Å². The van der Waals surface area contributed by atoms with E-state index in [4.69, 9.17) is 6.42 Å². The maximum atomic E-state index is 11.5. The minimum Gasteiger partial charge on any atom is -0.343 e. The van der Waals surface area contributed by atoms with Crippen molar-refractivity contribution in [3.05, 3.63) is 0 Å². The Hall–Kier alpha value is -1.50. The van der Waals surface area contributed by atoms with E-state index in [1.807, 2.05) is 0 Å². The fourth-order valence-electron chi connectivity index (χ4n) is 1.25. The van der Waals surface area contributed by atoms with Gasteiger partial charge in [-0.2, -0.15) is 0 Å². The van der Waals surface area contributed by atoms with Crippen molar-refractivity contribution < 1.29 is 9.59 Å². The second-order valence-corrected chi connectivity index (χ2v) is 3.10. The molecular weight excluding hydrogens is 168 g/mol. The predicted octanol–water partition coefficient (Wildman–Crippen LogP) is -0.645. The van der Waals surface area contributed by atoms with Crippen LogP contribution in [0.4, 0.5) is 0 Å². The summed E-state index contributed by atoms with van der Waals surface area (Å²) in [7, 11) is 0. The minimum atomic E-state index is -0.461. The molecule has 1 saturated heterocycles. The molecule has 2 unspecified atom stereocenters. The van der Waals surface area contributed by atoms with Gasteiger partial charge in [-0.15, -0.1) is 6.42 Å². The molecule has 0 aromatic rings. The number of piperazine rings is 1. The van der Waals surface area contributed by atoms with E-state index < -0.39 is 6.04 Å². The van der Waals surface area contributed by atoms with E-state index in [0.717, 1.165) is 0 Å². The van der Waals surface area contributed by atoms with Gasteiger partial charge >= 0.3 is 0 Å². The normalized spacial score (nSPS) is 25.0. The van der Waals surface area contributed by atoms with E-state index in [9.17, 15) is 9.59 Å². The minimum absolute atomic E-state index is 0.0640. The van der Waals surface area contributed by atoms with Crippen molar-refractivity contribution in [1.82, 2.24) is 10.2 Å². The van der Waals surface area contributed by atoms with Crippen LogP contribution in [0.1, 0.15) is 13.8 Å². The van der Waals surface area contributed by atoms with Gasteiger partial charge in [-0.1, -0.05) is 5.92 Å². The van der Waals surface area contributed by atoms with Crippen LogP contribution in [0.5, 0.6) is 0 Å². The van der Waals surface area contributed by atoms with E-state index >= 15 is 0 Å². The molecule has 0 saturated carbocycles. The number of hydrogen-bond donors (Lipinski definition) is 1. The van der Waals surface area contributed by atoms with Crippen molar-refractivity contribution in [3.8, 4) is 12.3 Å². The molecule has 4 nitrogen and oxygen atoms in total. The second-order valence-electron chi connectivity index (χ2n) is 3.10. The zero-order valence-electron chi connectivity index (χ0n) is 7.70. The smallest absolute Gasteiger partial charge is 0.246 e. The molecule has 4 heteroatoms. The van der Waals surface area contributed by atoms with Crippen LogP contribution in [0.3, 0.4) is 0 Å². The number of nitrogens with zero attached hydrogens (tertiary/aromatic N) is 1. The molecule has 1 heterocycles. The number of terminal acetylenes is 1. The van der Waals surface area contributed by atoms with Crippen molar-refractivity contribution in [1.29, 1.82) is 0 Å². The Kier molecular flexibility index (Phi) is 2.57. The molecule has 0 radical (unpaired) electrons. The van der Waals surface area contributed by atoms with Gasteiger partial charge in [0.15, 0.2) is 0 Å². The molecule has 1 aliphatic heterocycles.